The van der Waals surface area contributed by atoms with Crippen LogP contribution in [0.3, 0.4) is 0 Å². The Bertz CT molecular complexity index is 734. The van der Waals surface area contributed by atoms with Gasteiger partial charge in [-0.25, -0.2) is 9.97 Å². The van der Waals surface area contributed by atoms with Crippen LogP contribution in [0.2, 0.25) is 0 Å². The van der Waals surface area contributed by atoms with E-state index < -0.39 is 0 Å². The van der Waals surface area contributed by atoms with Gasteiger partial charge in [0.25, 0.3) is 0 Å². The summed E-state index contributed by atoms with van der Waals surface area (Å²) in [5.74, 6) is 0.640. The molecule has 0 radical (unpaired) electrons. The van der Waals surface area contributed by atoms with Gasteiger partial charge in [0.05, 0.1) is 6.21 Å². The molecule has 5 nitrogen and oxygen atoms in total. The van der Waals surface area contributed by atoms with Crippen molar-refractivity contribution in [3.63, 3.8) is 0 Å². The number of hydrogen-bond acceptors (Lipinski definition) is 4. The average molecular weight is 316 g/mol. The van der Waals surface area contributed by atoms with Crippen molar-refractivity contribution in [2.45, 2.75) is 0 Å². The Morgan fingerprint density at radius 2 is 2.16 bits per heavy atom. The number of aromatic nitrogens is 3. The van der Waals surface area contributed by atoms with E-state index >= 15 is 0 Å². The van der Waals surface area contributed by atoms with Gasteiger partial charge in [-0.1, -0.05) is 6.07 Å². The first-order chi connectivity index (χ1) is 9.31. The van der Waals surface area contributed by atoms with Crippen LogP contribution in [0.1, 0.15) is 5.56 Å². The SMILES string of the molecule is Brc1cc(N/N=C/c2ccc3[nH]ccc3c2)ncn1. The molecule has 2 aromatic heterocycles. The molecule has 0 spiro atoms. The average Bonchev–Trinajstić information content (AvgIpc) is 2.86. The normalized spacial score (nSPS) is 11.2. The molecule has 94 valence electrons. The maximum atomic E-state index is 4.15. The molecule has 6 heteroatoms. The summed E-state index contributed by atoms with van der Waals surface area (Å²) < 4.78 is 0.717. The summed E-state index contributed by atoms with van der Waals surface area (Å²) in [4.78, 5) is 11.1. The molecule has 0 fully saturated rings. The van der Waals surface area contributed by atoms with E-state index in [0.29, 0.717) is 10.4 Å². The van der Waals surface area contributed by atoms with Gasteiger partial charge in [0.1, 0.15) is 10.9 Å². The third-order valence-corrected chi connectivity index (χ3v) is 3.04. The van der Waals surface area contributed by atoms with Gasteiger partial charge >= 0.3 is 0 Å². The number of hydrogen-bond donors (Lipinski definition) is 2. The van der Waals surface area contributed by atoms with Crippen LogP contribution in [0.5, 0.6) is 0 Å². The number of hydrazone groups is 1. The quantitative estimate of drug-likeness (QED) is 0.443. The minimum atomic E-state index is 0.640. The Morgan fingerprint density at radius 1 is 1.21 bits per heavy atom. The second-order valence-electron chi connectivity index (χ2n) is 3.92. The topological polar surface area (TPSA) is 66.0 Å². The number of H-pyrrole nitrogens is 1. The molecule has 0 saturated carbocycles. The Balaban J connectivity index is 1.75. The molecule has 0 amide bonds. The van der Waals surface area contributed by atoms with E-state index in [-0.39, 0.29) is 0 Å². The molecule has 0 aliphatic heterocycles. The zero-order valence-electron chi connectivity index (χ0n) is 9.84. The van der Waals surface area contributed by atoms with E-state index in [0.717, 1.165) is 16.5 Å². The van der Waals surface area contributed by atoms with Crippen molar-refractivity contribution in [2.75, 3.05) is 5.43 Å². The highest BCUT2D eigenvalue weighted by molar-refractivity contribution is 9.10. The fourth-order valence-electron chi connectivity index (χ4n) is 1.72. The lowest BCUT2D eigenvalue weighted by atomic mass is 10.2. The van der Waals surface area contributed by atoms with E-state index in [1.54, 1.807) is 12.3 Å². The lowest BCUT2D eigenvalue weighted by Crippen LogP contribution is -1.94. The van der Waals surface area contributed by atoms with Gasteiger partial charge in [-0.05, 0) is 45.1 Å². The minimum absolute atomic E-state index is 0.640. The maximum absolute atomic E-state index is 4.15. The summed E-state index contributed by atoms with van der Waals surface area (Å²) in [5.41, 5.74) is 4.99. The van der Waals surface area contributed by atoms with Gasteiger partial charge in [-0.2, -0.15) is 5.10 Å². The molecule has 0 aliphatic carbocycles. The van der Waals surface area contributed by atoms with Crippen LogP contribution < -0.4 is 5.43 Å². The van der Waals surface area contributed by atoms with Gasteiger partial charge in [0.15, 0.2) is 5.82 Å². The van der Waals surface area contributed by atoms with Crippen LogP contribution in [0.4, 0.5) is 5.82 Å². The molecule has 0 unspecified atom stereocenters. The maximum Gasteiger partial charge on any atom is 0.150 e. The van der Waals surface area contributed by atoms with Crippen molar-refractivity contribution in [1.82, 2.24) is 15.0 Å². The minimum Gasteiger partial charge on any atom is -0.361 e. The van der Waals surface area contributed by atoms with E-state index in [2.05, 4.69) is 47.5 Å². The number of rotatable bonds is 3. The van der Waals surface area contributed by atoms with Crippen molar-refractivity contribution in [2.24, 2.45) is 5.10 Å². The van der Waals surface area contributed by atoms with Crippen LogP contribution >= 0.6 is 15.9 Å². The first-order valence-corrected chi connectivity index (χ1v) is 6.44. The van der Waals surface area contributed by atoms with E-state index in [1.165, 1.54) is 6.33 Å². The zero-order chi connectivity index (χ0) is 13.1. The molecular weight excluding hydrogens is 306 g/mol. The third kappa shape index (κ3) is 2.79. The van der Waals surface area contributed by atoms with Crippen LogP contribution in [0.15, 0.2) is 52.6 Å². The highest BCUT2D eigenvalue weighted by Crippen LogP contribution is 2.13. The van der Waals surface area contributed by atoms with Crippen LogP contribution in [-0.4, -0.2) is 21.2 Å². The molecule has 0 atom stereocenters. The highest BCUT2D eigenvalue weighted by Gasteiger charge is 1.95. The van der Waals surface area contributed by atoms with Gasteiger partial charge < -0.3 is 4.98 Å². The molecule has 2 N–H and O–H groups in total. The van der Waals surface area contributed by atoms with Gasteiger partial charge in [-0.15, -0.1) is 0 Å². The Hall–Kier alpha value is -2.21. The van der Waals surface area contributed by atoms with Crippen LogP contribution in [0, 0.1) is 0 Å². The van der Waals surface area contributed by atoms with Crippen LogP contribution in [-0.2, 0) is 0 Å². The van der Waals surface area contributed by atoms with Gasteiger partial charge in [0, 0.05) is 17.8 Å². The third-order valence-electron chi connectivity index (χ3n) is 2.60. The number of halogens is 1. The second-order valence-corrected chi connectivity index (χ2v) is 4.73. The zero-order valence-corrected chi connectivity index (χ0v) is 11.4. The molecule has 3 rings (SSSR count). The van der Waals surface area contributed by atoms with Crippen molar-refractivity contribution in [3.8, 4) is 0 Å². The summed E-state index contributed by atoms with van der Waals surface area (Å²) >= 11 is 3.28. The van der Waals surface area contributed by atoms with Crippen molar-refractivity contribution >= 4 is 38.9 Å². The molecule has 0 saturated heterocycles. The summed E-state index contributed by atoms with van der Waals surface area (Å²) in [7, 11) is 0. The monoisotopic (exact) mass is 315 g/mol. The lowest BCUT2D eigenvalue weighted by molar-refractivity contribution is 1.12. The second kappa shape index (κ2) is 5.19. The van der Waals surface area contributed by atoms with Gasteiger partial charge in [-0.3, -0.25) is 5.43 Å². The van der Waals surface area contributed by atoms with E-state index in [9.17, 15) is 0 Å². The number of fused-ring (bicyclic) bond motifs is 1. The first kappa shape index (κ1) is 11.9. The Labute approximate surface area is 117 Å². The predicted octanol–water partition coefficient (Wildman–Crippen LogP) is 3.17. The fraction of sp³-hybridized carbons (Fsp3) is 0. The summed E-state index contributed by atoms with van der Waals surface area (Å²) in [6, 6.07) is 9.87. The molecule has 0 aliphatic rings. The fourth-order valence-corrected chi connectivity index (χ4v) is 2.03. The largest absolute Gasteiger partial charge is 0.361 e. The summed E-state index contributed by atoms with van der Waals surface area (Å²) in [5, 5.41) is 5.31. The predicted molar refractivity (Wildman–Crippen MR) is 79.2 cm³/mol. The smallest absolute Gasteiger partial charge is 0.150 e. The lowest BCUT2D eigenvalue weighted by Gasteiger charge is -1.98. The van der Waals surface area contributed by atoms with Crippen molar-refractivity contribution < 1.29 is 0 Å². The molecule has 0 bridgehead atoms. The van der Waals surface area contributed by atoms with Crippen molar-refractivity contribution in [1.29, 1.82) is 0 Å². The Morgan fingerprint density at radius 3 is 3.05 bits per heavy atom. The number of anilines is 1. The number of nitrogens with one attached hydrogen (secondary N) is 2. The summed E-state index contributed by atoms with van der Waals surface area (Å²) in [6.45, 7) is 0. The molecular formula is C13H10BrN5. The van der Waals surface area contributed by atoms with Crippen molar-refractivity contribution in [3.05, 3.63) is 53.0 Å². The standard InChI is InChI=1S/C13H10BrN5/c14-12-6-13(17-8-16-12)19-18-7-9-1-2-11-10(5-9)3-4-15-11/h1-8,15H,(H,16,17,19)/b18-7+. The highest BCUT2D eigenvalue weighted by atomic mass is 79.9. The van der Waals surface area contributed by atoms with Gasteiger partial charge in [0.2, 0.25) is 0 Å². The number of benzene rings is 1. The molecule has 3 aromatic rings. The van der Waals surface area contributed by atoms with E-state index in [4.69, 9.17) is 0 Å². The number of aromatic amines is 1. The first-order valence-electron chi connectivity index (χ1n) is 5.65. The number of nitrogens with zero attached hydrogens (tertiary/aromatic N) is 3. The Kier molecular flexibility index (Phi) is 3.24. The summed E-state index contributed by atoms with van der Waals surface area (Å²) in [6.07, 6.45) is 5.14. The van der Waals surface area contributed by atoms with Crippen LogP contribution in [0.25, 0.3) is 10.9 Å². The molecule has 2 heterocycles. The van der Waals surface area contributed by atoms with E-state index in [1.807, 2.05) is 24.4 Å². The molecule has 19 heavy (non-hydrogen) atoms. The molecule has 1 aromatic carbocycles.